The van der Waals surface area contributed by atoms with Crippen molar-refractivity contribution in [3.63, 3.8) is 0 Å². The molecule has 0 spiro atoms. The SMILES string of the molecule is Cc1ccc(-n2nc(C(C)(C)C)cc2NC(=O)Nc2ccc(CC3CC4CCC(C3)N4C(=O)C3(C)CCCCC3)cc2)cc1. The predicted molar refractivity (Wildman–Crippen MR) is 177 cm³/mol. The maximum Gasteiger partial charge on any atom is 0.324 e. The van der Waals surface area contributed by atoms with E-state index in [9.17, 15) is 9.59 Å². The number of nitrogens with one attached hydrogen (secondary N) is 2. The normalized spacial score (nSPS) is 22.9. The number of nitrogens with zero attached hydrogens (tertiary/aromatic N) is 3. The van der Waals surface area contributed by atoms with Crippen molar-refractivity contribution in [2.45, 2.75) is 116 Å². The van der Waals surface area contributed by atoms with Gasteiger partial charge in [0.2, 0.25) is 5.91 Å². The van der Waals surface area contributed by atoms with Crippen LogP contribution in [0.3, 0.4) is 0 Å². The molecule has 3 amide bonds. The summed E-state index contributed by atoms with van der Waals surface area (Å²) in [5.74, 6) is 1.66. The third kappa shape index (κ3) is 6.43. The van der Waals surface area contributed by atoms with E-state index in [1.54, 1.807) is 4.68 Å². The average molecular weight is 596 g/mol. The molecular formula is C37H49N5O2. The Bertz CT molecular complexity index is 1460. The zero-order valence-electron chi connectivity index (χ0n) is 27.2. The number of aryl methyl sites for hydroxylation is 1. The highest BCUT2D eigenvalue weighted by atomic mass is 16.2. The lowest BCUT2D eigenvalue weighted by molar-refractivity contribution is -0.148. The number of carbonyl (C=O) groups is 2. The number of hydrogen-bond acceptors (Lipinski definition) is 3. The molecule has 2 saturated heterocycles. The number of piperidine rings is 1. The Hall–Kier alpha value is -3.61. The first-order chi connectivity index (χ1) is 21.0. The van der Waals surface area contributed by atoms with Crippen molar-refractivity contribution >= 4 is 23.4 Å². The zero-order valence-corrected chi connectivity index (χ0v) is 27.2. The molecule has 0 radical (unpaired) electrons. The van der Waals surface area contributed by atoms with Gasteiger partial charge in [-0.05, 0) is 87.6 Å². The van der Waals surface area contributed by atoms with Crippen molar-refractivity contribution in [1.29, 1.82) is 0 Å². The first-order valence-electron chi connectivity index (χ1n) is 16.7. The highest BCUT2D eigenvalue weighted by Crippen LogP contribution is 2.45. The van der Waals surface area contributed by atoms with Crippen molar-refractivity contribution in [3.05, 3.63) is 71.4 Å². The quantitative estimate of drug-likeness (QED) is 0.300. The third-order valence-corrected chi connectivity index (χ3v) is 10.3. The lowest BCUT2D eigenvalue weighted by atomic mass is 9.73. The van der Waals surface area contributed by atoms with Gasteiger partial charge in [-0.3, -0.25) is 10.1 Å². The van der Waals surface area contributed by atoms with Crippen molar-refractivity contribution in [2.24, 2.45) is 11.3 Å². The molecule has 1 aromatic heterocycles. The van der Waals surface area contributed by atoms with Gasteiger partial charge in [0.1, 0.15) is 5.82 Å². The summed E-state index contributed by atoms with van der Waals surface area (Å²) in [6.45, 7) is 10.6. The summed E-state index contributed by atoms with van der Waals surface area (Å²) < 4.78 is 1.80. The summed E-state index contributed by atoms with van der Waals surface area (Å²) in [6.07, 6.45) is 11.3. The second-order valence-electron chi connectivity index (χ2n) is 14.9. The zero-order chi connectivity index (χ0) is 31.1. The average Bonchev–Trinajstić information content (AvgIpc) is 3.52. The van der Waals surface area contributed by atoms with Crippen LogP contribution in [-0.4, -0.2) is 38.7 Å². The molecule has 3 heterocycles. The molecule has 3 fully saturated rings. The fraction of sp³-hybridized carbons (Fsp3) is 0.541. The van der Waals surface area contributed by atoms with Crippen LogP contribution in [-0.2, 0) is 16.6 Å². The van der Waals surface area contributed by atoms with E-state index < -0.39 is 0 Å². The third-order valence-electron chi connectivity index (χ3n) is 10.3. The van der Waals surface area contributed by atoms with Crippen molar-refractivity contribution in [2.75, 3.05) is 10.6 Å². The second kappa shape index (κ2) is 12.1. The van der Waals surface area contributed by atoms with Crippen LogP contribution in [0.25, 0.3) is 5.69 Å². The lowest BCUT2D eigenvalue weighted by Crippen LogP contribution is -2.52. The summed E-state index contributed by atoms with van der Waals surface area (Å²) in [7, 11) is 0. The summed E-state index contributed by atoms with van der Waals surface area (Å²) in [4.78, 5) is 29.1. The minimum atomic E-state index is -0.299. The number of anilines is 2. The maximum absolute atomic E-state index is 13.7. The van der Waals surface area contributed by atoms with E-state index in [0.29, 0.717) is 29.7 Å². The number of urea groups is 1. The van der Waals surface area contributed by atoms with Crippen LogP contribution in [0.4, 0.5) is 16.3 Å². The fourth-order valence-corrected chi connectivity index (χ4v) is 7.70. The molecule has 1 saturated carbocycles. The molecule has 234 valence electrons. The first-order valence-corrected chi connectivity index (χ1v) is 16.7. The molecule has 7 heteroatoms. The Kier molecular flexibility index (Phi) is 8.33. The van der Waals surface area contributed by atoms with E-state index >= 15 is 0 Å². The molecular weight excluding hydrogens is 546 g/mol. The summed E-state index contributed by atoms with van der Waals surface area (Å²) in [5, 5.41) is 10.8. The van der Waals surface area contributed by atoms with E-state index in [1.807, 2.05) is 42.5 Å². The van der Waals surface area contributed by atoms with Gasteiger partial charge >= 0.3 is 6.03 Å². The molecule has 2 unspecified atom stereocenters. The Balaban J connectivity index is 1.06. The second-order valence-corrected chi connectivity index (χ2v) is 14.9. The Morgan fingerprint density at radius 1 is 0.909 bits per heavy atom. The fourth-order valence-electron chi connectivity index (χ4n) is 7.70. The molecule has 1 aliphatic carbocycles. The van der Waals surface area contributed by atoms with Gasteiger partial charge in [0.15, 0.2) is 0 Å². The Morgan fingerprint density at radius 3 is 2.16 bits per heavy atom. The molecule has 44 heavy (non-hydrogen) atoms. The molecule has 7 nitrogen and oxygen atoms in total. The van der Waals surface area contributed by atoms with E-state index in [-0.39, 0.29) is 16.9 Å². The highest BCUT2D eigenvalue weighted by Gasteiger charge is 2.48. The number of hydrogen-bond donors (Lipinski definition) is 2. The molecule has 2 aromatic carbocycles. The molecule has 2 bridgehead atoms. The molecule has 3 aromatic rings. The van der Waals surface area contributed by atoms with Gasteiger partial charge < -0.3 is 10.2 Å². The molecule has 6 rings (SSSR count). The largest absolute Gasteiger partial charge is 0.336 e. The van der Waals surface area contributed by atoms with Gasteiger partial charge in [-0.1, -0.05) is 76.8 Å². The first kappa shape index (κ1) is 30.4. The van der Waals surface area contributed by atoms with Gasteiger partial charge in [-0.15, -0.1) is 0 Å². The van der Waals surface area contributed by atoms with Gasteiger partial charge in [-0.25, -0.2) is 9.48 Å². The van der Waals surface area contributed by atoms with Crippen LogP contribution >= 0.6 is 0 Å². The standard InChI is InChI=1S/C37H49N5O2/c1-25-9-15-29(16-10-25)42-33(24-32(40-42)36(2,3)4)39-35(44)38-28-13-11-26(12-14-28)21-27-22-30-17-18-31(23-27)41(30)34(43)37(5)19-7-6-8-20-37/h9-16,24,27,30-31H,6-8,17-23H2,1-5H3,(H2,38,39,44). The van der Waals surface area contributed by atoms with Crippen molar-refractivity contribution < 1.29 is 9.59 Å². The van der Waals surface area contributed by atoms with Crippen LogP contribution in [0.5, 0.6) is 0 Å². The van der Waals surface area contributed by atoms with E-state index in [2.05, 4.69) is 62.3 Å². The summed E-state index contributed by atoms with van der Waals surface area (Å²) in [5.41, 5.74) is 4.72. The van der Waals surface area contributed by atoms with E-state index in [4.69, 9.17) is 5.10 Å². The number of rotatable bonds is 6. The summed E-state index contributed by atoms with van der Waals surface area (Å²) >= 11 is 0. The van der Waals surface area contributed by atoms with Crippen LogP contribution in [0.1, 0.15) is 102 Å². The minimum Gasteiger partial charge on any atom is -0.336 e. The van der Waals surface area contributed by atoms with Crippen molar-refractivity contribution in [1.82, 2.24) is 14.7 Å². The monoisotopic (exact) mass is 595 g/mol. The molecule has 3 aliphatic rings. The number of fused-ring (bicyclic) bond motifs is 2. The topological polar surface area (TPSA) is 79.3 Å². The van der Waals surface area contributed by atoms with Crippen LogP contribution < -0.4 is 10.6 Å². The van der Waals surface area contributed by atoms with Gasteiger partial charge in [0.25, 0.3) is 0 Å². The lowest BCUT2D eigenvalue weighted by Gasteiger charge is -2.44. The minimum absolute atomic E-state index is 0.143. The number of amides is 3. The van der Waals surface area contributed by atoms with E-state index in [1.165, 1.54) is 30.4 Å². The molecule has 2 atom stereocenters. The number of benzene rings is 2. The predicted octanol–water partition coefficient (Wildman–Crippen LogP) is 8.40. The van der Waals surface area contributed by atoms with Crippen LogP contribution in [0.2, 0.25) is 0 Å². The number of carbonyl (C=O) groups excluding carboxylic acids is 2. The molecule has 2 aliphatic heterocycles. The Labute approximate surface area is 262 Å². The highest BCUT2D eigenvalue weighted by molar-refractivity contribution is 5.99. The summed E-state index contributed by atoms with van der Waals surface area (Å²) in [6, 6.07) is 18.8. The van der Waals surface area contributed by atoms with Gasteiger partial charge in [-0.2, -0.15) is 5.10 Å². The van der Waals surface area contributed by atoms with E-state index in [0.717, 1.165) is 62.0 Å². The smallest absolute Gasteiger partial charge is 0.324 e. The number of aromatic nitrogens is 2. The van der Waals surface area contributed by atoms with Crippen LogP contribution in [0.15, 0.2) is 54.6 Å². The van der Waals surface area contributed by atoms with Crippen molar-refractivity contribution in [3.8, 4) is 5.69 Å². The maximum atomic E-state index is 13.7. The molecule has 2 N–H and O–H groups in total. The van der Waals surface area contributed by atoms with Crippen LogP contribution in [0, 0.1) is 18.3 Å². The van der Waals surface area contributed by atoms with Gasteiger partial charge in [0.05, 0.1) is 11.4 Å². The van der Waals surface area contributed by atoms with Gasteiger partial charge in [0, 0.05) is 34.7 Å². The Morgan fingerprint density at radius 2 is 1.55 bits per heavy atom.